The summed E-state index contributed by atoms with van der Waals surface area (Å²) in [6.07, 6.45) is 5.39. The van der Waals surface area contributed by atoms with Crippen molar-refractivity contribution in [2.24, 2.45) is 0 Å². The van der Waals surface area contributed by atoms with Gasteiger partial charge in [-0.25, -0.2) is 4.79 Å². The number of thiophene rings is 1. The largest absolute Gasteiger partial charge is 0.493 e. The zero-order chi connectivity index (χ0) is 26.4. The number of benzene rings is 2. The molecule has 0 aliphatic heterocycles. The van der Waals surface area contributed by atoms with Gasteiger partial charge in [0.1, 0.15) is 10.6 Å². The molecule has 4 rings (SSSR count). The van der Waals surface area contributed by atoms with E-state index in [0.717, 1.165) is 34.2 Å². The number of anilines is 2. The Labute approximate surface area is 221 Å². The number of amides is 3. The van der Waals surface area contributed by atoms with Crippen LogP contribution in [0.1, 0.15) is 47.3 Å². The SMILES string of the molecule is CNC(=O)c1sc(C(C)(C)C)cc1NC(=O)Nc1ccc(OCCCc2ccncc2)c2ccccc12. The van der Waals surface area contributed by atoms with E-state index >= 15 is 0 Å². The van der Waals surface area contributed by atoms with E-state index in [0.29, 0.717) is 22.9 Å². The van der Waals surface area contributed by atoms with E-state index in [2.05, 4.69) is 41.7 Å². The van der Waals surface area contributed by atoms with Gasteiger partial charge < -0.3 is 20.7 Å². The number of pyridine rings is 1. The predicted octanol–water partition coefficient (Wildman–Crippen LogP) is 6.61. The number of rotatable bonds is 8. The summed E-state index contributed by atoms with van der Waals surface area (Å²) in [6.45, 7) is 6.80. The van der Waals surface area contributed by atoms with E-state index in [-0.39, 0.29) is 11.3 Å². The Morgan fingerprint density at radius 3 is 2.35 bits per heavy atom. The van der Waals surface area contributed by atoms with Crippen molar-refractivity contribution >= 4 is 45.4 Å². The lowest BCUT2D eigenvalue weighted by Gasteiger charge is -2.15. The fourth-order valence-electron chi connectivity index (χ4n) is 3.93. The van der Waals surface area contributed by atoms with Gasteiger partial charge in [0.25, 0.3) is 5.91 Å². The molecule has 0 unspecified atom stereocenters. The summed E-state index contributed by atoms with van der Waals surface area (Å²) in [5, 5.41) is 10.3. The lowest BCUT2D eigenvalue weighted by Crippen LogP contribution is -2.23. The lowest BCUT2D eigenvalue weighted by molar-refractivity contribution is 0.0968. The van der Waals surface area contributed by atoms with E-state index in [9.17, 15) is 9.59 Å². The monoisotopic (exact) mass is 516 g/mol. The average Bonchev–Trinajstić information content (AvgIpc) is 3.32. The van der Waals surface area contributed by atoms with E-state index < -0.39 is 6.03 Å². The summed E-state index contributed by atoms with van der Waals surface area (Å²) >= 11 is 1.39. The minimum atomic E-state index is -0.417. The Morgan fingerprint density at radius 2 is 1.65 bits per heavy atom. The van der Waals surface area contributed by atoms with Gasteiger partial charge in [-0.05, 0) is 54.2 Å². The van der Waals surface area contributed by atoms with Crippen LogP contribution in [0, 0.1) is 0 Å². The summed E-state index contributed by atoms with van der Waals surface area (Å²) in [6, 6.07) is 17.0. The highest BCUT2D eigenvalue weighted by molar-refractivity contribution is 7.14. The van der Waals surface area contributed by atoms with Gasteiger partial charge in [-0.15, -0.1) is 11.3 Å². The molecule has 0 aliphatic rings. The quantitative estimate of drug-likeness (QED) is 0.230. The third-order valence-electron chi connectivity index (χ3n) is 5.90. The summed E-state index contributed by atoms with van der Waals surface area (Å²) in [4.78, 5) is 31.0. The second-order valence-electron chi connectivity index (χ2n) is 9.73. The van der Waals surface area contributed by atoms with Gasteiger partial charge in [0.15, 0.2) is 0 Å². The van der Waals surface area contributed by atoms with Crippen molar-refractivity contribution in [3.8, 4) is 5.75 Å². The van der Waals surface area contributed by atoms with Crippen LogP contribution in [0.5, 0.6) is 5.75 Å². The molecular formula is C29H32N4O3S. The molecule has 0 saturated carbocycles. The number of nitrogens with one attached hydrogen (secondary N) is 3. The van der Waals surface area contributed by atoms with Crippen LogP contribution in [0.4, 0.5) is 16.2 Å². The molecule has 192 valence electrons. The molecule has 0 aliphatic carbocycles. The van der Waals surface area contributed by atoms with Crippen LogP contribution in [0.25, 0.3) is 10.8 Å². The average molecular weight is 517 g/mol. The van der Waals surface area contributed by atoms with Crippen LogP contribution < -0.4 is 20.7 Å². The molecule has 7 nitrogen and oxygen atoms in total. The van der Waals surface area contributed by atoms with E-state index in [1.165, 1.54) is 16.9 Å². The van der Waals surface area contributed by atoms with Crippen LogP contribution in [-0.4, -0.2) is 30.6 Å². The molecule has 8 heteroatoms. The second kappa shape index (κ2) is 11.4. The van der Waals surface area contributed by atoms with Gasteiger partial charge in [-0.1, -0.05) is 45.0 Å². The highest BCUT2D eigenvalue weighted by Gasteiger charge is 2.23. The van der Waals surface area contributed by atoms with Crippen molar-refractivity contribution in [1.82, 2.24) is 10.3 Å². The lowest BCUT2D eigenvalue weighted by atomic mass is 9.94. The first-order valence-electron chi connectivity index (χ1n) is 12.2. The Kier molecular flexibility index (Phi) is 8.08. The van der Waals surface area contributed by atoms with E-state index in [1.807, 2.05) is 54.6 Å². The molecule has 2 aromatic carbocycles. The van der Waals surface area contributed by atoms with Crippen molar-refractivity contribution in [1.29, 1.82) is 0 Å². The molecule has 0 saturated heterocycles. The number of aromatic nitrogens is 1. The van der Waals surface area contributed by atoms with Crippen LogP contribution in [0.15, 0.2) is 67.0 Å². The minimum Gasteiger partial charge on any atom is -0.493 e. The molecule has 0 spiro atoms. The van der Waals surface area contributed by atoms with E-state index in [4.69, 9.17) is 4.74 Å². The second-order valence-corrected chi connectivity index (χ2v) is 10.8. The molecule has 0 atom stereocenters. The minimum absolute atomic E-state index is 0.145. The van der Waals surface area contributed by atoms with Gasteiger partial charge in [-0.2, -0.15) is 0 Å². The molecule has 37 heavy (non-hydrogen) atoms. The molecule has 2 aromatic heterocycles. The molecule has 3 N–H and O–H groups in total. The van der Waals surface area contributed by atoms with Gasteiger partial charge in [-0.3, -0.25) is 9.78 Å². The first kappa shape index (κ1) is 26.2. The Hall–Kier alpha value is -3.91. The maximum Gasteiger partial charge on any atom is 0.323 e. The third-order valence-corrected chi connectivity index (χ3v) is 7.46. The van der Waals surface area contributed by atoms with Gasteiger partial charge in [0.05, 0.1) is 18.0 Å². The van der Waals surface area contributed by atoms with Gasteiger partial charge >= 0.3 is 6.03 Å². The molecule has 0 fully saturated rings. The van der Waals surface area contributed by atoms with Crippen LogP contribution in [0.3, 0.4) is 0 Å². The van der Waals surface area contributed by atoms with Crippen molar-refractivity contribution in [3.05, 3.63) is 82.3 Å². The fourth-order valence-corrected chi connectivity index (χ4v) is 5.04. The summed E-state index contributed by atoms with van der Waals surface area (Å²) < 4.78 is 6.10. The molecule has 3 amide bonds. The molecule has 4 aromatic rings. The normalized spacial score (nSPS) is 11.2. The topological polar surface area (TPSA) is 92.4 Å². The Bertz CT molecular complexity index is 1390. The number of hydrogen-bond donors (Lipinski definition) is 3. The Balaban J connectivity index is 1.47. The van der Waals surface area contributed by atoms with Crippen LogP contribution in [-0.2, 0) is 11.8 Å². The van der Waals surface area contributed by atoms with Crippen molar-refractivity contribution in [2.45, 2.75) is 39.0 Å². The number of hydrogen-bond acceptors (Lipinski definition) is 5. The zero-order valence-electron chi connectivity index (χ0n) is 21.6. The number of fused-ring (bicyclic) bond motifs is 1. The molecule has 0 bridgehead atoms. The maximum absolute atomic E-state index is 13.0. The third kappa shape index (κ3) is 6.46. The van der Waals surface area contributed by atoms with Gasteiger partial charge in [0, 0.05) is 35.1 Å². The number of carbonyl (C=O) groups excluding carboxylic acids is 2. The number of carbonyl (C=O) groups is 2. The molecule has 0 radical (unpaired) electrons. The summed E-state index contributed by atoms with van der Waals surface area (Å²) in [5.74, 6) is 0.539. The van der Waals surface area contributed by atoms with Gasteiger partial charge in [0.2, 0.25) is 0 Å². The number of aryl methyl sites for hydroxylation is 1. The smallest absolute Gasteiger partial charge is 0.323 e. The first-order valence-corrected chi connectivity index (χ1v) is 13.1. The van der Waals surface area contributed by atoms with Crippen molar-refractivity contribution in [3.63, 3.8) is 0 Å². The highest BCUT2D eigenvalue weighted by atomic mass is 32.1. The molecular weight excluding hydrogens is 484 g/mol. The van der Waals surface area contributed by atoms with Crippen LogP contribution in [0.2, 0.25) is 0 Å². The standard InChI is InChI=1S/C29H32N4O3S/c1-29(2,3)25-18-23(26(37-25)27(34)30-4)33-28(35)32-22-11-12-24(21-10-6-5-9-20(21)22)36-17-7-8-19-13-15-31-16-14-19/h5-6,9-16,18H,7-8,17H2,1-4H3,(H,30,34)(H2,32,33,35). The van der Waals surface area contributed by atoms with Crippen molar-refractivity contribution in [2.75, 3.05) is 24.3 Å². The summed E-state index contributed by atoms with van der Waals surface area (Å²) in [7, 11) is 1.58. The van der Waals surface area contributed by atoms with E-state index in [1.54, 1.807) is 19.4 Å². The number of urea groups is 1. The van der Waals surface area contributed by atoms with Crippen LogP contribution >= 0.6 is 11.3 Å². The van der Waals surface area contributed by atoms with Crippen molar-refractivity contribution < 1.29 is 14.3 Å². The zero-order valence-corrected chi connectivity index (χ0v) is 22.4. The number of ether oxygens (including phenoxy) is 1. The summed E-state index contributed by atoms with van der Waals surface area (Å²) in [5.41, 5.74) is 2.23. The fraction of sp³-hybridized carbons (Fsp3) is 0.276. The highest BCUT2D eigenvalue weighted by Crippen LogP contribution is 2.36. The number of nitrogens with zero attached hydrogens (tertiary/aromatic N) is 1. The Morgan fingerprint density at radius 1 is 0.946 bits per heavy atom. The maximum atomic E-state index is 13.0. The predicted molar refractivity (Wildman–Crippen MR) is 151 cm³/mol. The molecule has 2 heterocycles. The first-order chi connectivity index (χ1) is 17.8.